The van der Waals surface area contributed by atoms with Crippen molar-refractivity contribution in [2.75, 3.05) is 13.2 Å². The first kappa shape index (κ1) is 63.9. The van der Waals surface area contributed by atoms with Crippen LogP contribution in [0.1, 0.15) is 271 Å². The molecule has 0 aliphatic carbocycles. The third kappa shape index (κ3) is 34.8. The van der Waals surface area contributed by atoms with Gasteiger partial charge in [-0.1, -0.05) is 244 Å². The van der Waals surface area contributed by atoms with E-state index in [2.05, 4.69) is 31.3 Å². The highest BCUT2D eigenvalue weighted by Crippen LogP contribution is 2.23. The van der Waals surface area contributed by atoms with E-state index in [1.807, 2.05) is 0 Å². The summed E-state index contributed by atoms with van der Waals surface area (Å²) in [6.45, 7) is 3.42. The zero-order valence-corrected chi connectivity index (χ0v) is 43.4. The second kappa shape index (κ2) is 46.0. The van der Waals surface area contributed by atoms with Crippen molar-refractivity contribution in [2.45, 2.75) is 326 Å². The van der Waals surface area contributed by atoms with Crippen LogP contribution in [-0.2, 0) is 14.3 Å². The fourth-order valence-corrected chi connectivity index (χ4v) is 9.39. The van der Waals surface area contributed by atoms with Crippen LogP contribution in [0, 0.1) is 0 Å². The first-order valence-electron chi connectivity index (χ1n) is 28.6. The molecular weight excluding hydrogens is 847 g/mol. The molecule has 1 rings (SSSR count). The van der Waals surface area contributed by atoms with Gasteiger partial charge < -0.3 is 50.5 Å². The maximum atomic E-state index is 13.1. The number of unbranched alkanes of at least 4 members (excludes halogenated alkanes) is 35. The zero-order chi connectivity index (χ0) is 49.0. The number of aliphatic hydroxyl groups is 7. The number of carbonyl (C=O) groups excluding carboxylic acids is 1. The molecule has 0 aromatic heterocycles. The van der Waals surface area contributed by atoms with Crippen LogP contribution in [0.5, 0.6) is 0 Å². The molecule has 67 heavy (non-hydrogen) atoms. The van der Waals surface area contributed by atoms with E-state index in [9.17, 15) is 40.5 Å². The number of hydrogen-bond donors (Lipinski definition) is 8. The third-order valence-corrected chi connectivity index (χ3v) is 14.1. The van der Waals surface area contributed by atoms with Gasteiger partial charge in [0.15, 0.2) is 6.29 Å². The Balaban J connectivity index is 2.18. The van der Waals surface area contributed by atoms with E-state index >= 15 is 0 Å². The lowest BCUT2D eigenvalue weighted by Gasteiger charge is -2.40. The van der Waals surface area contributed by atoms with Gasteiger partial charge in [-0.25, -0.2) is 0 Å². The van der Waals surface area contributed by atoms with Crippen molar-refractivity contribution in [1.82, 2.24) is 5.32 Å². The number of nitrogens with one attached hydrogen (secondary N) is 1. The average Bonchev–Trinajstić information content (AvgIpc) is 3.33. The number of ether oxygens (including phenoxy) is 2. The molecule has 9 atom stereocenters. The molecular formula is C56H109NO10. The summed E-state index contributed by atoms with van der Waals surface area (Å²) in [5.41, 5.74) is 0. The Bertz CT molecular complexity index is 1100. The number of hydrogen-bond acceptors (Lipinski definition) is 10. The van der Waals surface area contributed by atoms with Crippen LogP contribution >= 0.6 is 0 Å². The Morgan fingerprint density at radius 2 is 0.881 bits per heavy atom. The number of amides is 1. The van der Waals surface area contributed by atoms with Crippen molar-refractivity contribution >= 4 is 5.91 Å². The highest BCUT2D eigenvalue weighted by molar-refractivity contribution is 5.80. The van der Waals surface area contributed by atoms with Gasteiger partial charge in [0.05, 0.1) is 25.4 Å². The Kier molecular flexibility index (Phi) is 43.8. The van der Waals surface area contributed by atoms with Crippen molar-refractivity contribution in [2.24, 2.45) is 0 Å². The Hall–Kier alpha value is -1.15. The van der Waals surface area contributed by atoms with Crippen LogP contribution < -0.4 is 5.32 Å². The summed E-state index contributed by atoms with van der Waals surface area (Å²) < 4.78 is 11.1. The SMILES string of the molecule is CCCCCCC/C=C/CCCC(O)C(O)C(COC1OC(CO)C(O)C(O)C1O)NC(=O)C(O)CCCCCCCCCCCCCCCCCCCCCCCCCCCCCCCC. The van der Waals surface area contributed by atoms with Crippen LogP contribution in [0.4, 0.5) is 0 Å². The zero-order valence-electron chi connectivity index (χ0n) is 43.4. The molecule has 9 unspecified atom stereocenters. The van der Waals surface area contributed by atoms with Crippen molar-refractivity contribution in [1.29, 1.82) is 0 Å². The lowest BCUT2D eigenvalue weighted by Crippen LogP contribution is -2.60. The van der Waals surface area contributed by atoms with Gasteiger partial charge in [-0.3, -0.25) is 4.79 Å². The quantitative estimate of drug-likeness (QED) is 0.0215. The molecule has 0 bridgehead atoms. The van der Waals surface area contributed by atoms with E-state index < -0.39 is 74.2 Å². The van der Waals surface area contributed by atoms with Crippen LogP contribution in [0.2, 0.25) is 0 Å². The second-order valence-corrected chi connectivity index (χ2v) is 20.4. The lowest BCUT2D eigenvalue weighted by molar-refractivity contribution is -0.303. The Morgan fingerprint density at radius 3 is 1.28 bits per heavy atom. The summed E-state index contributed by atoms with van der Waals surface area (Å²) in [5.74, 6) is -0.703. The fourth-order valence-electron chi connectivity index (χ4n) is 9.39. The molecule has 1 fully saturated rings. The smallest absolute Gasteiger partial charge is 0.249 e. The van der Waals surface area contributed by atoms with Crippen molar-refractivity contribution in [3.05, 3.63) is 12.2 Å². The number of rotatable bonds is 49. The molecule has 0 aromatic rings. The maximum Gasteiger partial charge on any atom is 0.249 e. The Morgan fingerprint density at radius 1 is 0.507 bits per heavy atom. The lowest BCUT2D eigenvalue weighted by atomic mass is 9.98. The average molecular weight is 956 g/mol. The van der Waals surface area contributed by atoms with E-state index in [0.29, 0.717) is 12.8 Å². The third-order valence-electron chi connectivity index (χ3n) is 14.1. The van der Waals surface area contributed by atoms with E-state index in [0.717, 1.165) is 38.5 Å². The molecule has 11 nitrogen and oxygen atoms in total. The summed E-state index contributed by atoms with van der Waals surface area (Å²) in [6, 6.07) is -1.18. The van der Waals surface area contributed by atoms with Crippen LogP contribution in [0.25, 0.3) is 0 Å². The summed E-state index contributed by atoms with van der Waals surface area (Å²) in [4.78, 5) is 13.1. The highest BCUT2D eigenvalue weighted by Gasteiger charge is 2.44. The van der Waals surface area contributed by atoms with Crippen LogP contribution in [0.3, 0.4) is 0 Å². The monoisotopic (exact) mass is 956 g/mol. The molecule has 1 heterocycles. The molecule has 0 radical (unpaired) electrons. The molecule has 0 aromatic carbocycles. The van der Waals surface area contributed by atoms with Crippen molar-refractivity contribution < 1.29 is 50.0 Å². The van der Waals surface area contributed by atoms with E-state index in [-0.39, 0.29) is 12.8 Å². The van der Waals surface area contributed by atoms with Crippen LogP contribution in [0.15, 0.2) is 12.2 Å². The molecule has 0 spiro atoms. The standard InChI is InChI=1S/C56H109NO10/c1-3-5-7-9-11-13-15-16-17-18-19-20-21-22-23-24-25-26-27-28-29-30-31-32-33-34-36-38-40-42-44-49(60)55(65)57-47(46-66-56-54(64)53(63)52(62)50(45-58)67-56)51(61)48(59)43-41-39-37-35-14-12-10-8-6-4-2/h35,37,47-54,56,58-64H,3-34,36,38-46H2,1-2H3,(H,57,65)/b37-35+. The van der Waals surface area contributed by atoms with Gasteiger partial charge in [0.1, 0.15) is 36.6 Å². The highest BCUT2D eigenvalue weighted by atomic mass is 16.7. The normalized spacial score (nSPS) is 20.6. The summed E-state index contributed by atoms with van der Waals surface area (Å²) in [5, 5.41) is 75.7. The van der Waals surface area contributed by atoms with Gasteiger partial charge in [-0.15, -0.1) is 0 Å². The maximum absolute atomic E-state index is 13.1. The molecule has 1 aliphatic heterocycles. The minimum absolute atomic E-state index is 0.259. The molecule has 11 heteroatoms. The topological polar surface area (TPSA) is 189 Å². The van der Waals surface area contributed by atoms with Gasteiger partial charge >= 0.3 is 0 Å². The summed E-state index contributed by atoms with van der Waals surface area (Å²) in [7, 11) is 0. The molecule has 1 amide bonds. The predicted molar refractivity (Wildman–Crippen MR) is 275 cm³/mol. The van der Waals surface area contributed by atoms with E-state index in [1.54, 1.807) is 0 Å². The molecule has 398 valence electrons. The molecule has 1 aliphatic rings. The number of aliphatic hydroxyl groups excluding tert-OH is 7. The molecule has 8 N–H and O–H groups in total. The number of allylic oxidation sites excluding steroid dienone is 2. The van der Waals surface area contributed by atoms with Gasteiger partial charge in [0, 0.05) is 0 Å². The van der Waals surface area contributed by atoms with Gasteiger partial charge in [-0.2, -0.15) is 0 Å². The molecule has 1 saturated heterocycles. The van der Waals surface area contributed by atoms with Gasteiger partial charge in [0.2, 0.25) is 5.91 Å². The van der Waals surface area contributed by atoms with Crippen molar-refractivity contribution in [3.8, 4) is 0 Å². The van der Waals surface area contributed by atoms with Crippen molar-refractivity contribution in [3.63, 3.8) is 0 Å². The number of carbonyl (C=O) groups is 1. The van der Waals surface area contributed by atoms with Crippen LogP contribution in [-0.4, -0.2) is 110 Å². The largest absolute Gasteiger partial charge is 0.394 e. The van der Waals surface area contributed by atoms with E-state index in [4.69, 9.17) is 9.47 Å². The second-order valence-electron chi connectivity index (χ2n) is 20.4. The first-order chi connectivity index (χ1) is 32.7. The fraction of sp³-hybridized carbons (Fsp3) is 0.946. The van der Waals surface area contributed by atoms with Gasteiger partial charge in [0.25, 0.3) is 0 Å². The van der Waals surface area contributed by atoms with Gasteiger partial charge in [-0.05, 0) is 38.5 Å². The minimum atomic E-state index is -1.66. The Labute approximate surface area is 411 Å². The predicted octanol–water partition coefficient (Wildman–Crippen LogP) is 11.6. The summed E-state index contributed by atoms with van der Waals surface area (Å²) in [6.07, 6.45) is 41.7. The minimum Gasteiger partial charge on any atom is -0.394 e. The molecule has 0 saturated carbocycles. The summed E-state index contributed by atoms with van der Waals surface area (Å²) >= 11 is 0. The first-order valence-corrected chi connectivity index (χ1v) is 28.6. The van der Waals surface area contributed by atoms with E-state index in [1.165, 1.54) is 193 Å².